The van der Waals surface area contributed by atoms with Gasteiger partial charge in [-0.15, -0.1) is 0 Å². The van der Waals surface area contributed by atoms with Gasteiger partial charge < -0.3 is 4.90 Å². The van der Waals surface area contributed by atoms with Crippen molar-refractivity contribution in [1.29, 1.82) is 0 Å². The molecule has 0 aromatic carbocycles. The zero-order valence-corrected chi connectivity index (χ0v) is 9.53. The predicted molar refractivity (Wildman–Crippen MR) is 61.0 cm³/mol. The maximum absolute atomic E-state index is 10.7. The number of rotatable bonds is 1. The van der Waals surface area contributed by atoms with E-state index in [0.29, 0.717) is 5.92 Å². The molecular weight excluding hydrogens is 186 g/mol. The predicted octanol–water partition coefficient (Wildman–Crippen LogP) is 2.50. The lowest BCUT2D eigenvalue weighted by Gasteiger charge is -2.26. The molecule has 2 aliphatic rings. The van der Waals surface area contributed by atoms with Crippen LogP contribution < -0.4 is 0 Å². The van der Waals surface area contributed by atoms with Crippen LogP contribution in [-0.4, -0.2) is 18.2 Å². The number of carbonyl (C=O) groups is 1. The first-order valence-corrected chi connectivity index (χ1v) is 5.35. The SMILES string of the molecule is CN1C2=CC=CCC2C(C)(C)C1=CC=O. The molecule has 0 aromatic rings. The summed E-state index contributed by atoms with van der Waals surface area (Å²) in [4.78, 5) is 12.8. The van der Waals surface area contributed by atoms with Gasteiger partial charge in [0.15, 0.2) is 0 Å². The summed E-state index contributed by atoms with van der Waals surface area (Å²) >= 11 is 0. The number of nitrogens with zero attached hydrogens (tertiary/aromatic N) is 1. The number of likely N-dealkylation sites (tertiary alicyclic amines) is 1. The topological polar surface area (TPSA) is 20.3 Å². The Morgan fingerprint density at radius 1 is 1.53 bits per heavy atom. The average Bonchev–Trinajstić information content (AvgIpc) is 2.41. The molecule has 0 N–H and O–H groups in total. The molecule has 1 unspecified atom stereocenters. The van der Waals surface area contributed by atoms with Gasteiger partial charge in [-0.05, 0) is 18.6 Å². The second-order valence-electron chi connectivity index (χ2n) is 4.78. The summed E-state index contributed by atoms with van der Waals surface area (Å²) in [6.07, 6.45) is 10.1. The number of hydrogen-bond donors (Lipinski definition) is 0. The van der Waals surface area contributed by atoms with Crippen molar-refractivity contribution in [3.63, 3.8) is 0 Å². The van der Waals surface area contributed by atoms with Crippen LogP contribution >= 0.6 is 0 Å². The van der Waals surface area contributed by atoms with Gasteiger partial charge in [0, 0.05) is 29.8 Å². The molecule has 1 atom stereocenters. The van der Waals surface area contributed by atoms with E-state index in [1.54, 1.807) is 6.08 Å². The minimum Gasteiger partial charge on any atom is -0.351 e. The number of fused-ring (bicyclic) bond motifs is 1. The van der Waals surface area contributed by atoms with Crippen molar-refractivity contribution in [1.82, 2.24) is 4.90 Å². The zero-order valence-electron chi connectivity index (χ0n) is 9.53. The Kier molecular flexibility index (Phi) is 2.29. The Balaban J connectivity index is 2.48. The molecule has 1 fully saturated rings. The molecule has 80 valence electrons. The van der Waals surface area contributed by atoms with Crippen molar-refractivity contribution < 1.29 is 4.79 Å². The Morgan fingerprint density at radius 3 is 2.87 bits per heavy atom. The lowest BCUT2D eigenvalue weighted by molar-refractivity contribution is -0.104. The molecular formula is C13H17NO. The first-order valence-electron chi connectivity index (χ1n) is 5.35. The van der Waals surface area contributed by atoms with Gasteiger partial charge in [0.1, 0.15) is 6.29 Å². The summed E-state index contributed by atoms with van der Waals surface area (Å²) in [6.45, 7) is 4.42. The third-order valence-electron chi connectivity index (χ3n) is 3.64. The third kappa shape index (κ3) is 1.36. The fraction of sp³-hybridized carbons (Fsp3) is 0.462. The van der Waals surface area contributed by atoms with Crippen molar-refractivity contribution in [3.8, 4) is 0 Å². The van der Waals surface area contributed by atoms with E-state index in [2.05, 4.69) is 37.0 Å². The number of hydrogen-bond acceptors (Lipinski definition) is 2. The molecule has 0 saturated carbocycles. The molecule has 2 nitrogen and oxygen atoms in total. The van der Waals surface area contributed by atoms with Gasteiger partial charge >= 0.3 is 0 Å². The summed E-state index contributed by atoms with van der Waals surface area (Å²) in [7, 11) is 2.04. The van der Waals surface area contributed by atoms with E-state index >= 15 is 0 Å². The van der Waals surface area contributed by atoms with Gasteiger partial charge in [0.05, 0.1) is 0 Å². The molecule has 1 saturated heterocycles. The zero-order chi connectivity index (χ0) is 11.1. The maximum atomic E-state index is 10.7. The molecule has 0 radical (unpaired) electrons. The van der Waals surface area contributed by atoms with Gasteiger partial charge in [0.2, 0.25) is 0 Å². The Morgan fingerprint density at radius 2 is 2.27 bits per heavy atom. The first kappa shape index (κ1) is 10.2. The smallest absolute Gasteiger partial charge is 0.144 e. The molecule has 1 aliphatic heterocycles. The Labute approximate surface area is 91.0 Å². The quantitative estimate of drug-likeness (QED) is 0.482. The van der Waals surface area contributed by atoms with Crippen molar-refractivity contribution in [2.75, 3.05) is 7.05 Å². The lowest BCUT2D eigenvalue weighted by Crippen LogP contribution is -2.20. The normalized spacial score (nSPS) is 30.3. The standard InChI is InChI=1S/C13H17NO/c1-13(2)10-6-4-5-7-11(10)14(3)12(13)8-9-15/h4-5,7-10H,6H2,1-3H3. The molecule has 0 amide bonds. The summed E-state index contributed by atoms with van der Waals surface area (Å²) < 4.78 is 0. The van der Waals surface area contributed by atoms with Gasteiger partial charge in [-0.1, -0.05) is 26.0 Å². The van der Waals surface area contributed by atoms with Gasteiger partial charge in [-0.25, -0.2) is 0 Å². The first-order chi connectivity index (χ1) is 7.09. The van der Waals surface area contributed by atoms with Crippen molar-refractivity contribution in [3.05, 3.63) is 35.7 Å². The van der Waals surface area contributed by atoms with E-state index < -0.39 is 0 Å². The van der Waals surface area contributed by atoms with Crippen LogP contribution in [0.4, 0.5) is 0 Å². The van der Waals surface area contributed by atoms with E-state index in [4.69, 9.17) is 0 Å². The molecule has 0 aromatic heterocycles. The van der Waals surface area contributed by atoms with E-state index in [-0.39, 0.29) is 5.41 Å². The van der Waals surface area contributed by atoms with Crippen LogP contribution in [0.25, 0.3) is 0 Å². The monoisotopic (exact) mass is 203 g/mol. The molecule has 0 bridgehead atoms. The third-order valence-corrected chi connectivity index (χ3v) is 3.64. The highest BCUT2D eigenvalue weighted by atomic mass is 16.1. The molecule has 2 rings (SSSR count). The van der Waals surface area contributed by atoms with E-state index in [1.165, 1.54) is 5.70 Å². The van der Waals surface area contributed by atoms with Crippen LogP contribution in [-0.2, 0) is 4.79 Å². The number of carbonyl (C=O) groups excluding carboxylic acids is 1. The van der Waals surface area contributed by atoms with Crippen LogP contribution in [0, 0.1) is 11.3 Å². The van der Waals surface area contributed by atoms with Crippen LogP contribution in [0.3, 0.4) is 0 Å². The van der Waals surface area contributed by atoms with Crippen molar-refractivity contribution >= 4 is 6.29 Å². The lowest BCUT2D eigenvalue weighted by atomic mass is 9.75. The van der Waals surface area contributed by atoms with Gasteiger partial charge in [-0.2, -0.15) is 0 Å². The molecule has 15 heavy (non-hydrogen) atoms. The summed E-state index contributed by atoms with van der Waals surface area (Å²) in [5, 5.41) is 0. The summed E-state index contributed by atoms with van der Waals surface area (Å²) in [5.74, 6) is 0.513. The van der Waals surface area contributed by atoms with Crippen LogP contribution in [0.5, 0.6) is 0 Å². The number of allylic oxidation sites excluding steroid dienone is 6. The van der Waals surface area contributed by atoms with Crippen LogP contribution in [0.15, 0.2) is 35.7 Å². The van der Waals surface area contributed by atoms with E-state index in [1.807, 2.05) is 7.05 Å². The van der Waals surface area contributed by atoms with Gasteiger partial charge in [0.25, 0.3) is 0 Å². The minimum atomic E-state index is 0.0618. The Bertz CT molecular complexity index is 374. The Hall–Kier alpha value is -1.31. The summed E-state index contributed by atoms with van der Waals surface area (Å²) in [5.41, 5.74) is 2.51. The van der Waals surface area contributed by atoms with Crippen molar-refractivity contribution in [2.45, 2.75) is 20.3 Å². The van der Waals surface area contributed by atoms with E-state index in [9.17, 15) is 4.79 Å². The molecule has 2 heteroatoms. The highest BCUT2D eigenvalue weighted by molar-refractivity contribution is 5.67. The van der Waals surface area contributed by atoms with Crippen LogP contribution in [0.1, 0.15) is 20.3 Å². The number of aldehydes is 1. The van der Waals surface area contributed by atoms with Crippen LogP contribution in [0.2, 0.25) is 0 Å². The largest absolute Gasteiger partial charge is 0.351 e. The molecule has 0 spiro atoms. The maximum Gasteiger partial charge on any atom is 0.144 e. The molecule has 1 aliphatic carbocycles. The average molecular weight is 203 g/mol. The second-order valence-corrected chi connectivity index (χ2v) is 4.78. The fourth-order valence-corrected chi connectivity index (χ4v) is 2.77. The minimum absolute atomic E-state index is 0.0618. The van der Waals surface area contributed by atoms with Gasteiger partial charge in [-0.3, -0.25) is 4.79 Å². The highest BCUT2D eigenvalue weighted by Gasteiger charge is 2.45. The van der Waals surface area contributed by atoms with E-state index in [0.717, 1.165) is 18.4 Å². The summed E-state index contributed by atoms with van der Waals surface area (Å²) in [6, 6.07) is 0. The molecule has 1 heterocycles. The van der Waals surface area contributed by atoms with Crippen molar-refractivity contribution in [2.24, 2.45) is 11.3 Å². The highest BCUT2D eigenvalue weighted by Crippen LogP contribution is 2.51. The fourth-order valence-electron chi connectivity index (χ4n) is 2.77. The second kappa shape index (κ2) is 3.37.